The number of hydrogen-bond acceptors (Lipinski definition) is 3. The molecule has 2 aromatic carbocycles. The van der Waals surface area contributed by atoms with Gasteiger partial charge in [-0.25, -0.2) is 0 Å². The Balaban J connectivity index is 1.91. The van der Waals surface area contributed by atoms with Crippen molar-refractivity contribution < 1.29 is 4.74 Å². The number of halogens is 1. The lowest BCUT2D eigenvalue weighted by molar-refractivity contribution is 0.306. The van der Waals surface area contributed by atoms with Gasteiger partial charge in [-0.05, 0) is 18.2 Å². The van der Waals surface area contributed by atoms with E-state index in [0.717, 1.165) is 16.5 Å². The lowest BCUT2D eigenvalue weighted by Gasteiger charge is -2.10. The third-order valence-corrected chi connectivity index (χ3v) is 3.40. The summed E-state index contributed by atoms with van der Waals surface area (Å²) < 4.78 is 5.76. The first-order valence-corrected chi connectivity index (χ1v) is 6.81. The summed E-state index contributed by atoms with van der Waals surface area (Å²) in [6.07, 6.45) is 1.76. The molecule has 0 N–H and O–H groups in total. The lowest BCUT2D eigenvalue weighted by atomic mass is 10.1. The van der Waals surface area contributed by atoms with E-state index in [-0.39, 0.29) is 0 Å². The molecular formula is C17H11ClN2O. The topological polar surface area (TPSA) is 45.9 Å². The summed E-state index contributed by atoms with van der Waals surface area (Å²) >= 11 is 5.95. The first-order valence-electron chi connectivity index (χ1n) is 6.43. The molecule has 102 valence electrons. The highest BCUT2D eigenvalue weighted by Gasteiger charge is 2.07. The maximum atomic E-state index is 9.09. The van der Waals surface area contributed by atoms with Crippen LogP contribution in [0.4, 0.5) is 0 Å². The second-order valence-corrected chi connectivity index (χ2v) is 4.97. The van der Waals surface area contributed by atoms with Crippen LogP contribution in [0, 0.1) is 11.3 Å². The minimum absolute atomic E-state index is 0.337. The number of benzene rings is 2. The van der Waals surface area contributed by atoms with Crippen LogP contribution in [0.2, 0.25) is 5.02 Å². The molecule has 0 amide bonds. The van der Waals surface area contributed by atoms with Crippen LogP contribution in [0.15, 0.2) is 54.7 Å². The van der Waals surface area contributed by atoms with E-state index in [9.17, 15) is 0 Å². The highest BCUT2D eigenvalue weighted by Crippen LogP contribution is 2.25. The van der Waals surface area contributed by atoms with Crippen molar-refractivity contribution in [1.82, 2.24) is 4.98 Å². The molecule has 0 unspecified atom stereocenters. The van der Waals surface area contributed by atoms with Gasteiger partial charge in [-0.15, -0.1) is 0 Å². The second kappa shape index (κ2) is 5.82. The number of pyridine rings is 1. The van der Waals surface area contributed by atoms with E-state index < -0.39 is 0 Å². The van der Waals surface area contributed by atoms with Crippen molar-refractivity contribution in [3.05, 3.63) is 70.9 Å². The van der Waals surface area contributed by atoms with Crippen LogP contribution in [0.3, 0.4) is 0 Å². The van der Waals surface area contributed by atoms with Crippen molar-refractivity contribution in [2.24, 2.45) is 0 Å². The van der Waals surface area contributed by atoms with Gasteiger partial charge >= 0.3 is 0 Å². The van der Waals surface area contributed by atoms with Gasteiger partial charge in [0.25, 0.3) is 0 Å². The number of ether oxygens (including phenoxy) is 1. The summed E-state index contributed by atoms with van der Waals surface area (Å²) in [5.41, 5.74) is 2.34. The fourth-order valence-electron chi connectivity index (χ4n) is 2.15. The summed E-state index contributed by atoms with van der Waals surface area (Å²) in [6, 6.07) is 16.9. The molecule has 3 aromatic rings. The molecule has 3 rings (SSSR count). The van der Waals surface area contributed by atoms with Gasteiger partial charge in [0.2, 0.25) is 0 Å². The molecule has 3 nitrogen and oxygen atoms in total. The van der Waals surface area contributed by atoms with E-state index in [1.807, 2.05) is 30.3 Å². The molecule has 0 aliphatic rings. The Morgan fingerprint density at radius 3 is 2.86 bits per heavy atom. The minimum Gasteiger partial charge on any atom is -0.487 e. The van der Waals surface area contributed by atoms with Crippen LogP contribution in [-0.2, 0) is 6.61 Å². The van der Waals surface area contributed by atoms with E-state index >= 15 is 0 Å². The number of para-hydroxylation sites is 1. The van der Waals surface area contributed by atoms with Crippen LogP contribution < -0.4 is 4.74 Å². The average Bonchev–Trinajstić information content (AvgIpc) is 2.53. The van der Waals surface area contributed by atoms with Crippen molar-refractivity contribution in [1.29, 1.82) is 5.26 Å². The molecule has 0 radical (unpaired) electrons. The Kier molecular flexibility index (Phi) is 3.72. The van der Waals surface area contributed by atoms with Crippen LogP contribution in [-0.4, -0.2) is 4.98 Å². The number of nitrogens with zero attached hydrogens (tertiary/aromatic N) is 2. The highest BCUT2D eigenvalue weighted by molar-refractivity contribution is 6.30. The molecule has 0 spiro atoms. The van der Waals surface area contributed by atoms with E-state index in [0.29, 0.717) is 22.9 Å². The highest BCUT2D eigenvalue weighted by atomic mass is 35.5. The van der Waals surface area contributed by atoms with Crippen LogP contribution in [0.25, 0.3) is 10.9 Å². The zero-order valence-electron chi connectivity index (χ0n) is 11.1. The maximum absolute atomic E-state index is 9.09. The zero-order valence-corrected chi connectivity index (χ0v) is 11.8. The van der Waals surface area contributed by atoms with E-state index in [2.05, 4.69) is 11.1 Å². The van der Waals surface area contributed by atoms with Gasteiger partial charge in [0, 0.05) is 28.2 Å². The largest absolute Gasteiger partial charge is 0.487 e. The third-order valence-electron chi connectivity index (χ3n) is 3.16. The van der Waals surface area contributed by atoms with Gasteiger partial charge in [-0.3, -0.25) is 4.98 Å². The molecule has 0 aliphatic heterocycles. The van der Waals surface area contributed by atoms with Crippen LogP contribution in [0.1, 0.15) is 11.1 Å². The monoisotopic (exact) mass is 294 g/mol. The number of hydrogen-bond donors (Lipinski definition) is 0. The molecule has 1 heterocycles. The Hall–Kier alpha value is -2.57. The van der Waals surface area contributed by atoms with Crippen molar-refractivity contribution in [2.75, 3.05) is 0 Å². The molecule has 0 fully saturated rings. The van der Waals surface area contributed by atoms with Gasteiger partial charge in [0.1, 0.15) is 18.4 Å². The molecule has 4 heteroatoms. The number of fused-ring (bicyclic) bond motifs is 1. The first kappa shape index (κ1) is 13.4. The Labute approximate surface area is 127 Å². The number of aromatic nitrogens is 1. The average molecular weight is 295 g/mol. The lowest BCUT2D eigenvalue weighted by Crippen LogP contribution is -1.99. The summed E-state index contributed by atoms with van der Waals surface area (Å²) in [6.45, 7) is 0.337. The van der Waals surface area contributed by atoms with Crippen molar-refractivity contribution in [2.45, 2.75) is 6.61 Å². The maximum Gasteiger partial charge on any atom is 0.139 e. The molecule has 1 aromatic heterocycles. The van der Waals surface area contributed by atoms with E-state index in [1.165, 1.54) is 0 Å². The summed E-state index contributed by atoms with van der Waals surface area (Å²) in [4.78, 5) is 4.38. The van der Waals surface area contributed by atoms with Crippen LogP contribution in [0.5, 0.6) is 5.75 Å². The van der Waals surface area contributed by atoms with Gasteiger partial charge in [-0.1, -0.05) is 35.9 Å². The fourth-order valence-corrected chi connectivity index (χ4v) is 2.31. The molecule has 21 heavy (non-hydrogen) atoms. The molecule has 0 saturated carbocycles. The first-order chi connectivity index (χ1) is 10.3. The van der Waals surface area contributed by atoms with Gasteiger partial charge in [-0.2, -0.15) is 5.26 Å². The van der Waals surface area contributed by atoms with Gasteiger partial charge in [0.15, 0.2) is 0 Å². The smallest absolute Gasteiger partial charge is 0.139 e. The Bertz CT molecular complexity index is 834. The van der Waals surface area contributed by atoms with Crippen molar-refractivity contribution >= 4 is 22.5 Å². The van der Waals surface area contributed by atoms with E-state index in [1.54, 1.807) is 24.4 Å². The SMILES string of the molecule is N#Cc1ccc(Cl)cc1OCc1cccc2cccnc12. The van der Waals surface area contributed by atoms with Gasteiger partial charge < -0.3 is 4.74 Å². The van der Waals surface area contributed by atoms with Gasteiger partial charge in [0.05, 0.1) is 11.1 Å². The van der Waals surface area contributed by atoms with E-state index in [4.69, 9.17) is 21.6 Å². The summed E-state index contributed by atoms with van der Waals surface area (Å²) in [7, 11) is 0. The molecular weight excluding hydrogens is 284 g/mol. The Morgan fingerprint density at radius 1 is 1.14 bits per heavy atom. The van der Waals surface area contributed by atoms with Crippen molar-refractivity contribution in [3.63, 3.8) is 0 Å². The number of rotatable bonds is 3. The normalized spacial score (nSPS) is 10.3. The van der Waals surface area contributed by atoms with Crippen LogP contribution >= 0.6 is 11.6 Å². The quantitative estimate of drug-likeness (QED) is 0.722. The predicted octanol–water partition coefficient (Wildman–Crippen LogP) is 4.34. The standard InChI is InChI=1S/C17H11ClN2O/c18-15-7-6-13(10-19)16(9-15)21-11-14-4-1-3-12-5-2-8-20-17(12)14/h1-9H,11H2. The van der Waals surface area contributed by atoms with Crippen molar-refractivity contribution in [3.8, 4) is 11.8 Å². The minimum atomic E-state index is 0.337. The zero-order chi connectivity index (χ0) is 14.7. The molecule has 0 bridgehead atoms. The Morgan fingerprint density at radius 2 is 2.00 bits per heavy atom. The molecule has 0 saturated heterocycles. The molecule has 0 atom stereocenters. The number of nitriles is 1. The summed E-state index contributed by atoms with van der Waals surface area (Å²) in [5, 5.41) is 10.7. The third kappa shape index (κ3) is 2.81. The molecule has 0 aliphatic carbocycles. The predicted molar refractivity (Wildman–Crippen MR) is 82.2 cm³/mol. The fraction of sp³-hybridized carbons (Fsp3) is 0.0588. The summed E-state index contributed by atoms with van der Waals surface area (Å²) in [5.74, 6) is 0.484. The second-order valence-electron chi connectivity index (χ2n) is 4.53.